The Morgan fingerprint density at radius 1 is 1.23 bits per heavy atom. The summed E-state index contributed by atoms with van der Waals surface area (Å²) in [4.78, 5) is 20.0. The minimum absolute atomic E-state index is 0.362. The van der Waals surface area contributed by atoms with Crippen molar-refractivity contribution >= 4 is 28.5 Å². The summed E-state index contributed by atoms with van der Waals surface area (Å²) < 4.78 is 6.40. The number of aromatic nitrogens is 4. The number of carbonyl (C=O) groups excluding carboxylic acids is 1. The second-order valence-electron chi connectivity index (χ2n) is 4.82. The maximum Gasteiger partial charge on any atom is 0.337 e. The molecule has 7 heteroatoms. The van der Waals surface area contributed by atoms with E-state index in [9.17, 15) is 4.79 Å². The number of carbonyl (C=O) groups is 1. The number of ether oxygens (including phenoxy) is 1. The van der Waals surface area contributed by atoms with Crippen molar-refractivity contribution in [3.8, 4) is 0 Å². The second-order valence-corrected chi connectivity index (χ2v) is 4.82. The lowest BCUT2D eigenvalue weighted by atomic mass is 10.2. The van der Waals surface area contributed by atoms with E-state index in [1.54, 1.807) is 28.9 Å². The highest BCUT2D eigenvalue weighted by molar-refractivity contribution is 5.92. The van der Waals surface area contributed by atoms with Gasteiger partial charge in [-0.3, -0.25) is 4.68 Å². The average Bonchev–Trinajstić information content (AvgIpc) is 2.83. The van der Waals surface area contributed by atoms with Gasteiger partial charge in [-0.05, 0) is 31.2 Å². The van der Waals surface area contributed by atoms with Gasteiger partial charge in [-0.1, -0.05) is 0 Å². The molecule has 7 nitrogen and oxygen atoms in total. The van der Waals surface area contributed by atoms with Gasteiger partial charge in [0.05, 0.1) is 23.8 Å². The van der Waals surface area contributed by atoms with Crippen molar-refractivity contribution in [2.24, 2.45) is 7.05 Å². The summed E-state index contributed by atoms with van der Waals surface area (Å²) >= 11 is 0. The summed E-state index contributed by atoms with van der Waals surface area (Å²) in [5.41, 5.74) is 2.93. The molecule has 0 saturated carbocycles. The zero-order valence-corrected chi connectivity index (χ0v) is 12.5. The van der Waals surface area contributed by atoms with Gasteiger partial charge in [0.2, 0.25) is 0 Å². The molecular weight excluding hydrogens is 282 g/mol. The number of fused-ring (bicyclic) bond motifs is 1. The number of aryl methyl sites for hydroxylation is 2. The van der Waals surface area contributed by atoms with E-state index >= 15 is 0 Å². The molecule has 2 heterocycles. The van der Waals surface area contributed by atoms with E-state index < -0.39 is 0 Å². The Labute approximate surface area is 127 Å². The average molecular weight is 297 g/mol. The molecule has 0 amide bonds. The van der Waals surface area contributed by atoms with Crippen LogP contribution in [0.25, 0.3) is 11.0 Å². The molecule has 112 valence electrons. The first kappa shape index (κ1) is 14.0. The maximum absolute atomic E-state index is 11.4. The second kappa shape index (κ2) is 5.44. The normalized spacial score (nSPS) is 10.7. The highest BCUT2D eigenvalue weighted by Crippen LogP contribution is 2.25. The third-order valence-corrected chi connectivity index (χ3v) is 3.36. The van der Waals surface area contributed by atoms with Crippen molar-refractivity contribution in [3.05, 3.63) is 41.9 Å². The smallest absolute Gasteiger partial charge is 0.337 e. The Hall–Kier alpha value is -2.96. The zero-order valence-electron chi connectivity index (χ0n) is 12.5. The molecule has 1 aromatic carbocycles. The summed E-state index contributed by atoms with van der Waals surface area (Å²) in [6, 6.07) is 6.99. The molecule has 2 aromatic heterocycles. The highest BCUT2D eigenvalue weighted by atomic mass is 16.5. The van der Waals surface area contributed by atoms with Crippen LogP contribution in [0.5, 0.6) is 0 Å². The number of nitrogens with zero attached hydrogens (tertiary/aromatic N) is 4. The third kappa shape index (κ3) is 2.37. The van der Waals surface area contributed by atoms with Gasteiger partial charge in [-0.25, -0.2) is 14.8 Å². The molecule has 0 aliphatic carbocycles. The van der Waals surface area contributed by atoms with E-state index in [0.29, 0.717) is 11.4 Å². The fourth-order valence-corrected chi connectivity index (χ4v) is 2.32. The number of nitrogens with one attached hydrogen (secondary N) is 1. The van der Waals surface area contributed by atoms with Gasteiger partial charge < -0.3 is 10.1 Å². The molecule has 3 aromatic rings. The summed E-state index contributed by atoms with van der Waals surface area (Å²) in [6.45, 7) is 1.91. The Kier molecular flexibility index (Phi) is 3.46. The molecule has 1 N–H and O–H groups in total. The molecule has 0 spiro atoms. The third-order valence-electron chi connectivity index (χ3n) is 3.36. The van der Waals surface area contributed by atoms with E-state index in [2.05, 4.69) is 25.1 Å². The SMILES string of the molecule is COC(=O)c1ccc(Nc2ncnc3c2c(C)nn3C)cc1. The summed E-state index contributed by atoms with van der Waals surface area (Å²) in [6.07, 6.45) is 1.49. The largest absolute Gasteiger partial charge is 0.465 e. The Morgan fingerprint density at radius 2 is 1.95 bits per heavy atom. The highest BCUT2D eigenvalue weighted by Gasteiger charge is 2.12. The lowest BCUT2D eigenvalue weighted by Gasteiger charge is -2.07. The Bertz CT molecular complexity index is 839. The predicted molar refractivity (Wildman–Crippen MR) is 82.1 cm³/mol. The topological polar surface area (TPSA) is 81.9 Å². The van der Waals surface area contributed by atoms with E-state index in [0.717, 1.165) is 22.4 Å². The predicted octanol–water partition coefficient (Wildman–Crippen LogP) is 2.20. The van der Waals surface area contributed by atoms with Crippen molar-refractivity contribution < 1.29 is 9.53 Å². The Morgan fingerprint density at radius 3 is 2.64 bits per heavy atom. The first-order chi connectivity index (χ1) is 10.6. The molecule has 0 bridgehead atoms. The number of rotatable bonds is 3. The molecule has 0 aliphatic rings. The van der Waals surface area contributed by atoms with Crippen LogP contribution in [-0.2, 0) is 11.8 Å². The molecule has 0 unspecified atom stereocenters. The van der Waals surface area contributed by atoms with Crippen molar-refractivity contribution in [2.75, 3.05) is 12.4 Å². The fourth-order valence-electron chi connectivity index (χ4n) is 2.32. The number of methoxy groups -OCH3 is 1. The lowest BCUT2D eigenvalue weighted by Crippen LogP contribution is -2.01. The molecular formula is C15H15N5O2. The molecule has 0 radical (unpaired) electrons. The van der Waals surface area contributed by atoms with Crippen LogP contribution in [-0.4, -0.2) is 32.8 Å². The molecule has 22 heavy (non-hydrogen) atoms. The molecule has 0 fully saturated rings. The van der Waals surface area contributed by atoms with Crippen molar-refractivity contribution in [1.82, 2.24) is 19.7 Å². The van der Waals surface area contributed by atoms with Crippen LogP contribution in [0, 0.1) is 6.92 Å². The van der Waals surface area contributed by atoms with Crippen LogP contribution < -0.4 is 5.32 Å². The van der Waals surface area contributed by atoms with Crippen LogP contribution in [0.3, 0.4) is 0 Å². The summed E-state index contributed by atoms with van der Waals surface area (Å²) in [5, 5.41) is 8.46. The van der Waals surface area contributed by atoms with E-state index in [1.165, 1.54) is 13.4 Å². The van der Waals surface area contributed by atoms with Crippen molar-refractivity contribution in [2.45, 2.75) is 6.92 Å². The maximum atomic E-state index is 11.4. The standard InChI is InChI=1S/C15H15N5O2/c1-9-12-13(16-8-17-14(12)20(2)19-9)18-11-6-4-10(5-7-11)15(21)22-3/h4-8H,1-3H3,(H,16,17,18). The van der Waals surface area contributed by atoms with Gasteiger partial charge in [0.1, 0.15) is 12.1 Å². The molecule has 0 aliphatic heterocycles. The minimum Gasteiger partial charge on any atom is -0.465 e. The van der Waals surface area contributed by atoms with Gasteiger partial charge in [0.15, 0.2) is 5.65 Å². The van der Waals surface area contributed by atoms with Crippen LogP contribution in [0.15, 0.2) is 30.6 Å². The number of hydrogen-bond donors (Lipinski definition) is 1. The molecule has 0 atom stereocenters. The van der Waals surface area contributed by atoms with Gasteiger partial charge in [0.25, 0.3) is 0 Å². The quantitative estimate of drug-likeness (QED) is 0.746. The van der Waals surface area contributed by atoms with E-state index in [4.69, 9.17) is 0 Å². The van der Waals surface area contributed by atoms with Crippen molar-refractivity contribution in [1.29, 1.82) is 0 Å². The Balaban J connectivity index is 1.95. The van der Waals surface area contributed by atoms with Gasteiger partial charge in [0, 0.05) is 12.7 Å². The summed E-state index contributed by atoms with van der Waals surface area (Å²) in [7, 11) is 3.20. The van der Waals surface area contributed by atoms with Crippen LogP contribution in [0.2, 0.25) is 0 Å². The first-order valence-corrected chi connectivity index (χ1v) is 6.70. The van der Waals surface area contributed by atoms with Crippen LogP contribution in [0.1, 0.15) is 16.1 Å². The van der Waals surface area contributed by atoms with Gasteiger partial charge >= 0.3 is 5.97 Å². The minimum atomic E-state index is -0.362. The first-order valence-electron chi connectivity index (χ1n) is 6.70. The van der Waals surface area contributed by atoms with Crippen LogP contribution >= 0.6 is 0 Å². The fraction of sp³-hybridized carbons (Fsp3) is 0.200. The van der Waals surface area contributed by atoms with Gasteiger partial charge in [-0.15, -0.1) is 0 Å². The number of anilines is 2. The number of benzene rings is 1. The van der Waals surface area contributed by atoms with Crippen LogP contribution in [0.4, 0.5) is 11.5 Å². The van der Waals surface area contributed by atoms with Crippen molar-refractivity contribution in [3.63, 3.8) is 0 Å². The summed E-state index contributed by atoms with van der Waals surface area (Å²) in [5.74, 6) is 0.320. The molecule has 3 rings (SSSR count). The monoisotopic (exact) mass is 297 g/mol. The number of hydrogen-bond acceptors (Lipinski definition) is 6. The van der Waals surface area contributed by atoms with Gasteiger partial charge in [-0.2, -0.15) is 5.10 Å². The van der Waals surface area contributed by atoms with E-state index in [-0.39, 0.29) is 5.97 Å². The van der Waals surface area contributed by atoms with E-state index in [1.807, 2.05) is 14.0 Å². The molecule has 0 saturated heterocycles. The number of esters is 1. The lowest BCUT2D eigenvalue weighted by molar-refractivity contribution is 0.0601. The zero-order chi connectivity index (χ0) is 15.7.